The van der Waals surface area contributed by atoms with Gasteiger partial charge in [-0.15, -0.1) is 0 Å². The molecule has 40 heavy (non-hydrogen) atoms. The molecule has 0 aliphatic carbocycles. The second-order valence-electron chi connectivity index (χ2n) is 12.9. The fourth-order valence-electron chi connectivity index (χ4n) is 5.86. The molecule has 4 aromatic heterocycles. The molecule has 4 heterocycles. The second kappa shape index (κ2) is 8.75. The number of aromatic nitrogens is 4. The molecule has 7 aromatic rings. The summed E-state index contributed by atoms with van der Waals surface area (Å²) in [6, 6.07) is 33.3. The van der Waals surface area contributed by atoms with E-state index in [4.69, 9.17) is 9.97 Å². The molecule has 0 bridgehead atoms. The Bertz CT molecular complexity index is 1940. The molecular formula is C34H34N4Si2. The highest BCUT2D eigenvalue weighted by atomic mass is 28.3. The van der Waals surface area contributed by atoms with E-state index in [1.165, 1.54) is 27.0 Å². The van der Waals surface area contributed by atoms with Crippen molar-refractivity contribution in [3.8, 4) is 11.4 Å². The predicted octanol–water partition coefficient (Wildman–Crippen LogP) is 7.76. The van der Waals surface area contributed by atoms with Crippen molar-refractivity contribution in [3.63, 3.8) is 0 Å². The standard InChI is InChI=1S/C34H34N4Si2/c1-39(2,3)25-14-9-12-23(20-25)37-30-17-8-7-16-27(30)28-22-29-32-31(18-11-19-35-32)38(34(29)36-33(28)37)24-13-10-15-26(21-24)40(4,5)6/h7-22H,1-6H3. The number of rotatable bonds is 4. The Balaban J connectivity index is 1.62. The molecular weight excluding hydrogens is 521 g/mol. The summed E-state index contributed by atoms with van der Waals surface area (Å²) in [7, 11) is -3.00. The summed E-state index contributed by atoms with van der Waals surface area (Å²) < 4.78 is 4.66. The van der Waals surface area contributed by atoms with Gasteiger partial charge in [0.15, 0.2) is 0 Å². The molecule has 4 nitrogen and oxygen atoms in total. The van der Waals surface area contributed by atoms with Gasteiger partial charge in [0.05, 0.1) is 32.7 Å². The molecule has 198 valence electrons. The van der Waals surface area contributed by atoms with Gasteiger partial charge in [-0.05, 0) is 48.5 Å². The molecule has 0 saturated heterocycles. The van der Waals surface area contributed by atoms with Gasteiger partial charge in [0.1, 0.15) is 11.3 Å². The Hall–Kier alpha value is -4.01. The number of para-hydroxylation sites is 1. The fraction of sp³-hybridized carbons (Fsp3) is 0.176. The van der Waals surface area contributed by atoms with Crippen LogP contribution in [0.2, 0.25) is 39.3 Å². The third-order valence-corrected chi connectivity index (χ3v) is 12.2. The minimum absolute atomic E-state index is 0.944. The Morgan fingerprint density at radius 2 is 1.10 bits per heavy atom. The van der Waals surface area contributed by atoms with Gasteiger partial charge < -0.3 is 0 Å². The average molecular weight is 555 g/mol. The first kappa shape index (κ1) is 25.0. The Labute approximate surface area is 237 Å². The molecule has 0 amide bonds. The number of benzene rings is 3. The Morgan fingerprint density at radius 1 is 0.525 bits per heavy atom. The molecule has 0 atom stereocenters. The smallest absolute Gasteiger partial charge is 0.149 e. The van der Waals surface area contributed by atoms with Gasteiger partial charge in [0, 0.05) is 33.7 Å². The van der Waals surface area contributed by atoms with Crippen LogP contribution < -0.4 is 10.4 Å². The highest BCUT2D eigenvalue weighted by Gasteiger charge is 2.23. The molecule has 3 aromatic carbocycles. The minimum atomic E-state index is -1.50. The summed E-state index contributed by atoms with van der Waals surface area (Å²) in [5.41, 5.74) is 7.48. The van der Waals surface area contributed by atoms with Crippen LogP contribution in [0.5, 0.6) is 0 Å². The zero-order chi connectivity index (χ0) is 27.8. The molecule has 0 unspecified atom stereocenters. The van der Waals surface area contributed by atoms with E-state index < -0.39 is 16.1 Å². The molecule has 0 saturated carbocycles. The van der Waals surface area contributed by atoms with E-state index in [-0.39, 0.29) is 0 Å². The van der Waals surface area contributed by atoms with Crippen LogP contribution in [0.4, 0.5) is 0 Å². The van der Waals surface area contributed by atoms with Crippen LogP contribution in [-0.2, 0) is 0 Å². The van der Waals surface area contributed by atoms with Crippen molar-refractivity contribution in [2.24, 2.45) is 0 Å². The molecule has 0 aliphatic rings. The lowest BCUT2D eigenvalue weighted by Gasteiger charge is -2.18. The molecule has 6 heteroatoms. The van der Waals surface area contributed by atoms with Crippen LogP contribution in [-0.4, -0.2) is 35.2 Å². The summed E-state index contributed by atoms with van der Waals surface area (Å²) in [6.07, 6.45) is 1.89. The number of hydrogen-bond donors (Lipinski definition) is 0. The van der Waals surface area contributed by atoms with Crippen molar-refractivity contribution >= 4 is 70.5 Å². The van der Waals surface area contributed by atoms with Crippen LogP contribution >= 0.6 is 0 Å². The van der Waals surface area contributed by atoms with Gasteiger partial charge in [-0.3, -0.25) is 14.1 Å². The first-order chi connectivity index (χ1) is 19.1. The quantitative estimate of drug-likeness (QED) is 0.208. The molecule has 0 fully saturated rings. The van der Waals surface area contributed by atoms with Crippen LogP contribution in [0.3, 0.4) is 0 Å². The Morgan fingerprint density at radius 3 is 1.75 bits per heavy atom. The van der Waals surface area contributed by atoms with Gasteiger partial charge in [0.25, 0.3) is 0 Å². The normalized spacial score (nSPS) is 12.8. The van der Waals surface area contributed by atoms with Crippen LogP contribution in [0.15, 0.2) is 97.2 Å². The Kier molecular flexibility index (Phi) is 5.47. The SMILES string of the molecule is C[Si](C)(C)c1cccc(-n2c3ccccc3c3cc4c5ncccc5n(-c5cccc([Si](C)(C)C)c5)c4nc32)c1. The monoisotopic (exact) mass is 554 g/mol. The predicted molar refractivity (Wildman–Crippen MR) is 177 cm³/mol. The van der Waals surface area contributed by atoms with Gasteiger partial charge in [-0.1, -0.05) is 92.1 Å². The summed E-state index contributed by atoms with van der Waals surface area (Å²) in [6.45, 7) is 14.4. The topological polar surface area (TPSA) is 35.6 Å². The van der Waals surface area contributed by atoms with E-state index in [0.717, 1.165) is 38.8 Å². The van der Waals surface area contributed by atoms with Crippen molar-refractivity contribution in [2.75, 3.05) is 0 Å². The van der Waals surface area contributed by atoms with E-state index >= 15 is 0 Å². The summed E-state index contributed by atoms with van der Waals surface area (Å²) in [4.78, 5) is 10.4. The third kappa shape index (κ3) is 3.85. The van der Waals surface area contributed by atoms with Crippen molar-refractivity contribution in [1.29, 1.82) is 0 Å². The first-order valence-corrected chi connectivity index (χ1v) is 21.0. The first-order valence-electron chi connectivity index (χ1n) is 14.0. The number of fused-ring (bicyclic) bond motifs is 6. The maximum Gasteiger partial charge on any atom is 0.149 e. The lowest BCUT2D eigenvalue weighted by Crippen LogP contribution is -2.37. The third-order valence-electron chi connectivity index (χ3n) is 8.06. The number of pyridine rings is 2. The number of nitrogens with zero attached hydrogens (tertiary/aromatic N) is 4. The molecule has 7 rings (SSSR count). The van der Waals surface area contributed by atoms with Crippen LogP contribution in [0, 0.1) is 0 Å². The van der Waals surface area contributed by atoms with E-state index in [1.54, 1.807) is 0 Å². The average Bonchev–Trinajstić information content (AvgIpc) is 3.43. The summed E-state index contributed by atoms with van der Waals surface area (Å²) in [5, 5.41) is 6.32. The van der Waals surface area contributed by atoms with Crippen molar-refractivity contribution < 1.29 is 0 Å². The zero-order valence-electron chi connectivity index (χ0n) is 24.0. The van der Waals surface area contributed by atoms with Crippen LogP contribution in [0.1, 0.15) is 0 Å². The fourth-order valence-corrected chi connectivity index (χ4v) is 8.22. The van der Waals surface area contributed by atoms with Crippen LogP contribution in [0.25, 0.3) is 55.4 Å². The van der Waals surface area contributed by atoms with Crippen molar-refractivity contribution in [1.82, 2.24) is 19.1 Å². The largest absolute Gasteiger partial charge is 0.294 e. The van der Waals surface area contributed by atoms with Gasteiger partial charge in [-0.25, -0.2) is 4.98 Å². The van der Waals surface area contributed by atoms with Gasteiger partial charge in [-0.2, -0.15) is 0 Å². The van der Waals surface area contributed by atoms with E-state index in [0.29, 0.717) is 0 Å². The number of hydrogen-bond acceptors (Lipinski definition) is 2. The van der Waals surface area contributed by atoms with E-state index in [1.807, 2.05) is 12.3 Å². The zero-order valence-corrected chi connectivity index (χ0v) is 26.0. The summed E-state index contributed by atoms with van der Waals surface area (Å²) >= 11 is 0. The maximum atomic E-state index is 5.50. The minimum Gasteiger partial charge on any atom is -0.294 e. The highest BCUT2D eigenvalue weighted by molar-refractivity contribution is 6.89. The molecule has 0 N–H and O–H groups in total. The lowest BCUT2D eigenvalue weighted by atomic mass is 10.1. The second-order valence-corrected chi connectivity index (χ2v) is 23.0. The molecule has 0 aliphatic heterocycles. The lowest BCUT2D eigenvalue weighted by molar-refractivity contribution is 1.11. The van der Waals surface area contributed by atoms with E-state index in [2.05, 4.69) is 133 Å². The van der Waals surface area contributed by atoms with Gasteiger partial charge in [0.2, 0.25) is 0 Å². The van der Waals surface area contributed by atoms with E-state index in [9.17, 15) is 0 Å². The van der Waals surface area contributed by atoms with Crippen molar-refractivity contribution in [2.45, 2.75) is 39.3 Å². The maximum absolute atomic E-state index is 5.50. The summed E-state index contributed by atoms with van der Waals surface area (Å²) in [5.74, 6) is 0. The highest BCUT2D eigenvalue weighted by Crippen LogP contribution is 2.37. The van der Waals surface area contributed by atoms with Crippen molar-refractivity contribution in [3.05, 3.63) is 97.2 Å². The molecule has 0 spiro atoms. The van der Waals surface area contributed by atoms with Gasteiger partial charge >= 0.3 is 0 Å². The molecule has 0 radical (unpaired) electrons.